The molecule has 1 aromatic heterocycles. The van der Waals surface area contributed by atoms with Gasteiger partial charge in [0.25, 0.3) is 0 Å². The van der Waals surface area contributed by atoms with Crippen LogP contribution in [0.5, 0.6) is 0 Å². The lowest BCUT2D eigenvalue weighted by Crippen LogP contribution is -2.41. The van der Waals surface area contributed by atoms with Crippen molar-refractivity contribution in [2.75, 3.05) is 0 Å². The predicted molar refractivity (Wildman–Crippen MR) is 128 cm³/mol. The Balaban J connectivity index is 1.80. The molecule has 0 amide bonds. The molecule has 4 heteroatoms. The monoisotopic (exact) mass is 402 g/mol. The van der Waals surface area contributed by atoms with E-state index in [1.807, 2.05) is 24.3 Å². The van der Waals surface area contributed by atoms with Crippen molar-refractivity contribution < 1.29 is 9.31 Å². The van der Waals surface area contributed by atoms with Crippen molar-refractivity contribution in [1.29, 1.82) is 0 Å². The lowest BCUT2D eigenvalue weighted by atomic mass is 9.78. The minimum absolute atomic E-state index is 0.346. The molecule has 0 spiro atoms. The molecule has 0 aliphatic carbocycles. The molecule has 1 aliphatic rings. The second-order valence-corrected chi connectivity index (χ2v) is 9.53. The van der Waals surface area contributed by atoms with Crippen molar-refractivity contribution in [2.45, 2.75) is 45.8 Å². The molecular formula is C25H27BO2S. The minimum Gasteiger partial charge on any atom is -0.399 e. The van der Waals surface area contributed by atoms with Gasteiger partial charge in [-0.2, -0.15) is 0 Å². The first kappa shape index (κ1) is 20.2. The van der Waals surface area contributed by atoms with Gasteiger partial charge in [-0.3, -0.25) is 0 Å². The zero-order valence-electron chi connectivity index (χ0n) is 17.8. The average molecular weight is 402 g/mol. The highest BCUT2D eigenvalue weighted by Gasteiger charge is 2.51. The Morgan fingerprint density at radius 3 is 2.34 bits per heavy atom. The molecule has 29 heavy (non-hydrogen) atoms. The van der Waals surface area contributed by atoms with Crippen LogP contribution >= 0.6 is 11.3 Å². The lowest BCUT2D eigenvalue weighted by molar-refractivity contribution is 0.00578. The molecule has 1 aliphatic heterocycles. The van der Waals surface area contributed by atoms with Crippen LogP contribution in [-0.4, -0.2) is 18.3 Å². The van der Waals surface area contributed by atoms with Crippen LogP contribution in [-0.2, 0) is 9.31 Å². The van der Waals surface area contributed by atoms with Crippen LogP contribution in [0, 0.1) is 0 Å². The van der Waals surface area contributed by atoms with Crippen molar-refractivity contribution in [3.63, 3.8) is 0 Å². The summed E-state index contributed by atoms with van der Waals surface area (Å²) in [4.78, 5) is 1.24. The molecule has 148 valence electrons. The topological polar surface area (TPSA) is 18.5 Å². The van der Waals surface area contributed by atoms with E-state index < -0.39 is 0 Å². The molecule has 3 aromatic rings. The number of fused-ring (bicyclic) bond motifs is 1. The molecule has 0 N–H and O–H groups in total. The van der Waals surface area contributed by atoms with Gasteiger partial charge >= 0.3 is 7.12 Å². The average Bonchev–Trinajstić information content (AvgIpc) is 3.14. The van der Waals surface area contributed by atoms with E-state index in [1.54, 1.807) is 0 Å². The van der Waals surface area contributed by atoms with Gasteiger partial charge in [0.05, 0.1) is 11.2 Å². The molecule has 0 radical (unpaired) electrons. The molecule has 0 saturated carbocycles. The molecule has 1 fully saturated rings. The first-order valence-electron chi connectivity index (χ1n) is 10.0. The van der Waals surface area contributed by atoms with Crippen molar-refractivity contribution in [3.05, 3.63) is 65.6 Å². The van der Waals surface area contributed by atoms with Gasteiger partial charge in [-0.25, -0.2) is 0 Å². The summed E-state index contributed by atoms with van der Waals surface area (Å²) in [7, 11) is -0.357. The Morgan fingerprint density at radius 1 is 1.00 bits per heavy atom. The second-order valence-electron chi connectivity index (χ2n) is 8.48. The van der Waals surface area contributed by atoms with Gasteiger partial charge in [-0.05, 0) is 62.8 Å². The summed E-state index contributed by atoms with van der Waals surface area (Å²) in [6.45, 7) is 14.4. The van der Waals surface area contributed by atoms with Gasteiger partial charge in [-0.15, -0.1) is 11.3 Å². The van der Waals surface area contributed by atoms with Crippen molar-refractivity contribution in [3.8, 4) is 11.1 Å². The third-order valence-corrected chi connectivity index (χ3v) is 7.25. The fraction of sp³-hybridized carbons (Fsp3) is 0.280. The number of hydrogen-bond donors (Lipinski definition) is 0. The maximum absolute atomic E-state index is 6.26. The Labute approximate surface area is 178 Å². The minimum atomic E-state index is -0.357. The molecule has 2 heterocycles. The number of thiophene rings is 1. The summed E-state index contributed by atoms with van der Waals surface area (Å²) >= 11 is 1.81. The van der Waals surface area contributed by atoms with E-state index in [4.69, 9.17) is 9.31 Å². The maximum atomic E-state index is 6.26. The zero-order valence-corrected chi connectivity index (χ0v) is 18.6. The Bertz CT molecular complexity index is 1090. The van der Waals surface area contributed by atoms with Crippen LogP contribution in [0.1, 0.15) is 45.1 Å². The van der Waals surface area contributed by atoms with E-state index in [9.17, 15) is 0 Å². The van der Waals surface area contributed by atoms with Crippen molar-refractivity contribution in [1.82, 2.24) is 0 Å². The van der Waals surface area contributed by atoms with E-state index in [2.05, 4.69) is 88.9 Å². The van der Waals surface area contributed by atoms with Gasteiger partial charge < -0.3 is 9.31 Å². The second kappa shape index (κ2) is 7.28. The molecule has 2 aromatic carbocycles. The van der Waals surface area contributed by atoms with Gasteiger partial charge in [0.2, 0.25) is 0 Å². The third kappa shape index (κ3) is 3.40. The third-order valence-electron chi connectivity index (χ3n) is 6.03. The Morgan fingerprint density at radius 2 is 1.69 bits per heavy atom. The summed E-state index contributed by atoms with van der Waals surface area (Å²) in [5, 5.41) is 1.25. The van der Waals surface area contributed by atoms with Crippen LogP contribution in [0.3, 0.4) is 0 Å². The zero-order chi connectivity index (χ0) is 20.8. The number of rotatable bonds is 4. The number of hydrogen-bond acceptors (Lipinski definition) is 3. The Hall–Kier alpha value is -2.14. The van der Waals surface area contributed by atoms with E-state index in [0.29, 0.717) is 0 Å². The van der Waals surface area contributed by atoms with Crippen LogP contribution in [0.15, 0.2) is 55.1 Å². The van der Waals surface area contributed by atoms with Gasteiger partial charge in [0.15, 0.2) is 0 Å². The van der Waals surface area contributed by atoms with Crippen LogP contribution in [0.4, 0.5) is 0 Å². The van der Waals surface area contributed by atoms with Crippen molar-refractivity contribution in [2.24, 2.45) is 0 Å². The lowest BCUT2D eigenvalue weighted by Gasteiger charge is -2.32. The van der Waals surface area contributed by atoms with Gasteiger partial charge in [-0.1, -0.05) is 61.2 Å². The largest absolute Gasteiger partial charge is 0.494 e. The predicted octanol–water partition coefficient (Wildman–Crippen LogP) is 6.54. The first-order valence-corrected chi connectivity index (χ1v) is 10.9. The molecule has 1 saturated heterocycles. The fourth-order valence-corrected chi connectivity index (χ4v) is 5.01. The molecule has 2 nitrogen and oxygen atoms in total. The molecular weight excluding hydrogens is 375 g/mol. The van der Waals surface area contributed by atoms with Gasteiger partial charge in [0.1, 0.15) is 0 Å². The van der Waals surface area contributed by atoms with E-state index >= 15 is 0 Å². The summed E-state index contributed by atoms with van der Waals surface area (Å²) in [6, 6.07) is 15.0. The summed E-state index contributed by atoms with van der Waals surface area (Å²) in [5.41, 5.74) is 3.96. The number of benzene rings is 2. The van der Waals surface area contributed by atoms with Gasteiger partial charge in [0, 0.05) is 15.0 Å². The summed E-state index contributed by atoms with van der Waals surface area (Å²) in [5.74, 6) is 0. The van der Waals surface area contributed by atoms with Crippen LogP contribution in [0.2, 0.25) is 0 Å². The Kier molecular flexibility index (Phi) is 5.06. The van der Waals surface area contributed by atoms with E-state index in [1.165, 1.54) is 31.7 Å². The molecule has 0 unspecified atom stereocenters. The standard InChI is InChI=1S/C25H27BO2S/c1-7-11-22-19(8-2)21-15-10-14-20(23(21)29-22)17-12-9-13-18(16-17)26-27-24(3,4)25(5,6)28-26/h7-16H,2H2,1,3-6H3/b11-7-. The van der Waals surface area contributed by atoms with E-state index in [-0.39, 0.29) is 18.3 Å². The highest BCUT2D eigenvalue weighted by Crippen LogP contribution is 2.40. The molecule has 4 rings (SSSR count). The highest BCUT2D eigenvalue weighted by molar-refractivity contribution is 7.20. The maximum Gasteiger partial charge on any atom is 0.494 e. The van der Waals surface area contributed by atoms with Crippen LogP contribution in [0.25, 0.3) is 33.4 Å². The summed E-state index contributed by atoms with van der Waals surface area (Å²) < 4.78 is 13.8. The van der Waals surface area contributed by atoms with Crippen molar-refractivity contribution >= 4 is 46.2 Å². The molecule has 0 atom stereocenters. The smallest absolute Gasteiger partial charge is 0.399 e. The summed E-state index contributed by atoms with van der Waals surface area (Å²) in [6.07, 6.45) is 6.20. The molecule has 0 bridgehead atoms. The van der Waals surface area contributed by atoms with E-state index in [0.717, 1.165) is 5.46 Å². The quantitative estimate of drug-likeness (QED) is 0.461. The fourth-order valence-electron chi connectivity index (χ4n) is 3.70. The first-order chi connectivity index (χ1) is 13.8. The normalized spacial score (nSPS) is 18.0. The number of allylic oxidation sites excluding steroid dienone is 1. The van der Waals surface area contributed by atoms with Crippen LogP contribution < -0.4 is 5.46 Å². The SMILES string of the molecule is C=Cc1c(/C=C\C)sc2c(-c3cccc(B4OC(C)(C)C(C)(C)O4)c3)cccc12. The highest BCUT2D eigenvalue weighted by atomic mass is 32.1.